The largest absolute Gasteiger partial charge is 0.290 e. The SMILES string of the molecule is Clc1nc2sc3c4ccccc4ccc3c2nc1-n1c2ccccc2c2c3c(c4c5ccc6ccccc6c5sc4c21)C=CCC3. The third-order valence-corrected chi connectivity index (χ3v) is 12.4. The molecule has 1 aliphatic rings. The molecule has 1 aliphatic carbocycles. The molecule has 0 atom stereocenters. The number of halogens is 1. The molecular weight excluding hydrogens is 622 g/mol. The van der Waals surface area contributed by atoms with E-state index < -0.39 is 0 Å². The molecule has 0 saturated heterocycles. The van der Waals surface area contributed by atoms with Gasteiger partial charge in [-0.05, 0) is 51.6 Å². The van der Waals surface area contributed by atoms with Crippen molar-refractivity contribution in [1.82, 2.24) is 14.5 Å². The lowest BCUT2D eigenvalue weighted by atomic mass is 9.89. The number of allylic oxidation sites excluding steroid dienone is 1. The predicted octanol–water partition coefficient (Wildman–Crippen LogP) is 12.2. The van der Waals surface area contributed by atoms with Gasteiger partial charge in [-0.3, -0.25) is 4.57 Å². The number of hydrogen-bond donors (Lipinski definition) is 0. The first-order valence-electron chi connectivity index (χ1n) is 15.5. The fourth-order valence-electron chi connectivity index (χ4n) is 7.81. The van der Waals surface area contributed by atoms with E-state index in [9.17, 15) is 0 Å². The second-order valence-corrected chi connectivity index (χ2v) is 14.5. The van der Waals surface area contributed by atoms with Gasteiger partial charge in [-0.25, -0.2) is 9.97 Å². The fraction of sp³-hybridized carbons (Fsp3) is 0.0500. The lowest BCUT2D eigenvalue weighted by Crippen LogP contribution is -2.02. The second-order valence-electron chi connectivity index (χ2n) is 12.1. The predicted molar refractivity (Wildman–Crippen MR) is 200 cm³/mol. The summed E-state index contributed by atoms with van der Waals surface area (Å²) in [7, 11) is 0. The fourth-order valence-corrected chi connectivity index (χ4v) is 10.6. The summed E-state index contributed by atoms with van der Waals surface area (Å²) in [6.45, 7) is 0. The summed E-state index contributed by atoms with van der Waals surface area (Å²) in [5.74, 6) is 0.683. The van der Waals surface area contributed by atoms with Crippen LogP contribution < -0.4 is 0 Å². The molecule has 4 heterocycles. The molecule has 3 nitrogen and oxygen atoms in total. The van der Waals surface area contributed by atoms with Gasteiger partial charge in [0.25, 0.3) is 0 Å². The first-order chi connectivity index (χ1) is 22.7. The molecule has 0 spiro atoms. The van der Waals surface area contributed by atoms with Crippen LogP contribution in [-0.4, -0.2) is 14.5 Å². The van der Waals surface area contributed by atoms with Crippen LogP contribution in [0.3, 0.4) is 0 Å². The van der Waals surface area contributed by atoms with Crippen molar-refractivity contribution in [3.8, 4) is 5.82 Å². The highest BCUT2D eigenvalue weighted by Gasteiger charge is 2.27. The van der Waals surface area contributed by atoms with E-state index in [1.807, 2.05) is 11.3 Å². The van der Waals surface area contributed by atoms with E-state index in [1.165, 1.54) is 73.8 Å². The summed E-state index contributed by atoms with van der Waals surface area (Å²) in [5.41, 5.74) is 5.93. The zero-order chi connectivity index (χ0) is 30.1. The average Bonchev–Trinajstić information content (AvgIpc) is 3.78. The molecule has 0 saturated carbocycles. The van der Waals surface area contributed by atoms with Crippen LogP contribution in [0, 0.1) is 0 Å². The molecule has 6 aromatic carbocycles. The van der Waals surface area contributed by atoms with Crippen molar-refractivity contribution >= 4 is 124 Å². The van der Waals surface area contributed by atoms with Gasteiger partial charge < -0.3 is 0 Å². The third-order valence-electron chi connectivity index (χ3n) is 9.76. The maximum Gasteiger partial charge on any atom is 0.176 e. The highest BCUT2D eigenvalue weighted by atomic mass is 35.5. The summed E-state index contributed by atoms with van der Waals surface area (Å²) >= 11 is 10.8. The van der Waals surface area contributed by atoms with Crippen LogP contribution in [0.4, 0.5) is 0 Å². The molecular formula is C40H22ClN3S2. The molecule has 6 heteroatoms. The number of hydrogen-bond acceptors (Lipinski definition) is 4. The average molecular weight is 644 g/mol. The Balaban J connectivity index is 1.35. The molecule has 0 aliphatic heterocycles. The van der Waals surface area contributed by atoms with Crippen molar-refractivity contribution in [3.05, 3.63) is 119 Å². The van der Waals surface area contributed by atoms with Crippen LogP contribution in [0.25, 0.3) is 95.9 Å². The number of benzene rings is 6. The van der Waals surface area contributed by atoms with Gasteiger partial charge in [0.1, 0.15) is 10.3 Å². The highest BCUT2D eigenvalue weighted by molar-refractivity contribution is 7.27. The molecule has 10 aromatic rings. The lowest BCUT2D eigenvalue weighted by Gasteiger charge is -2.16. The molecule has 0 unspecified atom stereocenters. The van der Waals surface area contributed by atoms with Gasteiger partial charge in [0.2, 0.25) is 0 Å². The number of nitrogens with zero attached hydrogens (tertiary/aromatic N) is 3. The maximum atomic E-state index is 7.20. The first kappa shape index (κ1) is 25.4. The Hall–Kier alpha value is -4.81. The Kier molecular flexibility index (Phi) is 5.04. The van der Waals surface area contributed by atoms with Crippen molar-refractivity contribution in [3.63, 3.8) is 0 Å². The van der Waals surface area contributed by atoms with E-state index in [4.69, 9.17) is 21.6 Å². The van der Waals surface area contributed by atoms with Crippen molar-refractivity contribution in [2.75, 3.05) is 0 Å². The zero-order valence-corrected chi connectivity index (χ0v) is 26.7. The van der Waals surface area contributed by atoms with Crippen molar-refractivity contribution in [2.45, 2.75) is 12.8 Å². The van der Waals surface area contributed by atoms with Crippen LogP contribution in [0.1, 0.15) is 17.5 Å². The maximum absolute atomic E-state index is 7.20. The van der Waals surface area contributed by atoms with Crippen molar-refractivity contribution in [2.24, 2.45) is 0 Å². The Morgan fingerprint density at radius 3 is 2.13 bits per heavy atom. The standard InChI is InChI=1S/C40H22ClN3S2/c41-38-39(42-33-29-20-18-22-10-2-4-12-24(22)36(29)46-40(33)43-38)44-30-16-8-7-15-27(30)31-25-13-5-6-14-26(25)32-28-19-17-21-9-1-3-11-23(21)35(28)45-37(32)34(31)44/h1-4,6-12,14-20H,5,13H2. The smallest absolute Gasteiger partial charge is 0.176 e. The molecule has 0 amide bonds. The van der Waals surface area contributed by atoms with Crippen LogP contribution >= 0.6 is 34.3 Å². The number of aryl methyl sites for hydroxylation is 1. The van der Waals surface area contributed by atoms with E-state index in [0.29, 0.717) is 11.0 Å². The first-order valence-corrected chi connectivity index (χ1v) is 17.5. The third kappa shape index (κ3) is 3.22. The van der Waals surface area contributed by atoms with Gasteiger partial charge >= 0.3 is 0 Å². The van der Waals surface area contributed by atoms with Crippen molar-refractivity contribution < 1.29 is 0 Å². The Bertz CT molecular complexity index is 3000. The van der Waals surface area contributed by atoms with E-state index >= 15 is 0 Å². The molecule has 0 radical (unpaired) electrons. The monoisotopic (exact) mass is 643 g/mol. The minimum atomic E-state index is 0.420. The van der Waals surface area contributed by atoms with E-state index in [0.717, 1.165) is 34.1 Å². The van der Waals surface area contributed by atoms with Gasteiger partial charge in [-0.1, -0.05) is 115 Å². The van der Waals surface area contributed by atoms with Crippen LogP contribution in [0.5, 0.6) is 0 Å². The van der Waals surface area contributed by atoms with Crippen LogP contribution in [0.15, 0.2) is 103 Å². The molecule has 0 N–H and O–H groups in total. The molecule has 0 bridgehead atoms. The Labute approximate surface area is 275 Å². The Morgan fingerprint density at radius 1 is 0.630 bits per heavy atom. The van der Waals surface area contributed by atoms with Crippen LogP contribution in [-0.2, 0) is 6.42 Å². The van der Waals surface area contributed by atoms with E-state index in [2.05, 4.69) is 114 Å². The Morgan fingerprint density at radius 2 is 1.33 bits per heavy atom. The topological polar surface area (TPSA) is 30.7 Å². The second kappa shape index (κ2) is 9.14. The van der Waals surface area contributed by atoms with Gasteiger partial charge in [0.15, 0.2) is 11.0 Å². The summed E-state index contributed by atoms with van der Waals surface area (Å²) in [6, 6.07) is 34.9. The number of fused-ring (bicyclic) bond motifs is 17. The summed E-state index contributed by atoms with van der Waals surface area (Å²) in [5, 5.41) is 11.7. The molecule has 216 valence electrons. The molecule has 0 fully saturated rings. The number of aromatic nitrogens is 3. The summed E-state index contributed by atoms with van der Waals surface area (Å²) < 4.78 is 6.09. The van der Waals surface area contributed by atoms with Gasteiger partial charge in [-0.15, -0.1) is 22.7 Å². The normalized spacial score (nSPS) is 13.5. The summed E-state index contributed by atoms with van der Waals surface area (Å²) in [4.78, 5) is 11.3. The highest BCUT2D eigenvalue weighted by Crippen LogP contribution is 2.50. The molecule has 11 rings (SSSR count). The van der Waals surface area contributed by atoms with Gasteiger partial charge in [0, 0.05) is 36.3 Å². The minimum absolute atomic E-state index is 0.420. The molecule has 46 heavy (non-hydrogen) atoms. The van der Waals surface area contributed by atoms with Gasteiger partial charge in [-0.2, -0.15) is 0 Å². The minimum Gasteiger partial charge on any atom is -0.290 e. The number of rotatable bonds is 1. The quantitative estimate of drug-likeness (QED) is 0.178. The number of thiophene rings is 2. The molecule has 4 aromatic heterocycles. The van der Waals surface area contributed by atoms with E-state index in [-0.39, 0.29) is 0 Å². The van der Waals surface area contributed by atoms with E-state index in [1.54, 1.807) is 11.3 Å². The van der Waals surface area contributed by atoms with Crippen molar-refractivity contribution in [1.29, 1.82) is 0 Å². The van der Waals surface area contributed by atoms with Gasteiger partial charge in [0.05, 0.1) is 15.7 Å². The summed E-state index contributed by atoms with van der Waals surface area (Å²) in [6.07, 6.45) is 6.71. The zero-order valence-electron chi connectivity index (χ0n) is 24.3. The number of para-hydroxylation sites is 1. The van der Waals surface area contributed by atoms with Crippen LogP contribution in [0.2, 0.25) is 5.15 Å². The lowest BCUT2D eigenvalue weighted by molar-refractivity contribution is 1.00.